The highest BCUT2D eigenvalue weighted by Crippen LogP contribution is 2.36. The molecular formula is C25H20ClN3O2. The molecule has 2 N–H and O–H groups in total. The molecule has 31 heavy (non-hydrogen) atoms. The Labute approximate surface area is 185 Å². The zero-order valence-electron chi connectivity index (χ0n) is 16.6. The van der Waals surface area contributed by atoms with Gasteiger partial charge in [0.25, 0.3) is 5.91 Å². The number of carbonyl (C=O) groups is 1. The van der Waals surface area contributed by atoms with Gasteiger partial charge in [-0.1, -0.05) is 91.0 Å². The van der Waals surface area contributed by atoms with Crippen molar-refractivity contribution in [3.05, 3.63) is 124 Å². The third-order valence-electron chi connectivity index (χ3n) is 4.88. The number of nitrogens with zero attached hydrogens (tertiary/aromatic N) is 2. The van der Waals surface area contributed by atoms with Crippen LogP contribution in [0.5, 0.6) is 5.88 Å². The fourth-order valence-electron chi connectivity index (χ4n) is 3.50. The maximum atomic E-state index is 12.6. The molecule has 0 fully saturated rings. The number of hydrogen-bond acceptors (Lipinski definition) is 4. The van der Waals surface area contributed by atoms with Crippen LogP contribution in [0.15, 0.2) is 91.0 Å². The molecule has 3 aromatic carbocycles. The van der Waals surface area contributed by atoms with Crippen molar-refractivity contribution in [1.29, 1.82) is 0 Å². The first-order chi connectivity index (χ1) is 15.1. The summed E-state index contributed by atoms with van der Waals surface area (Å²) < 4.78 is 5.89. The van der Waals surface area contributed by atoms with Crippen LogP contribution in [0.3, 0.4) is 0 Å². The summed E-state index contributed by atoms with van der Waals surface area (Å²) in [5, 5.41) is -0.0140. The van der Waals surface area contributed by atoms with Gasteiger partial charge in [-0.15, -0.1) is 0 Å². The van der Waals surface area contributed by atoms with E-state index >= 15 is 0 Å². The number of nitrogens with two attached hydrogens (primary N) is 1. The molecule has 0 bridgehead atoms. The van der Waals surface area contributed by atoms with Crippen molar-refractivity contribution in [2.24, 2.45) is 5.73 Å². The second-order valence-corrected chi connectivity index (χ2v) is 7.29. The summed E-state index contributed by atoms with van der Waals surface area (Å²) in [6, 6.07) is 29.1. The van der Waals surface area contributed by atoms with Gasteiger partial charge in [0.15, 0.2) is 0 Å². The summed E-state index contributed by atoms with van der Waals surface area (Å²) in [5.74, 6) is -0.973. The number of halogens is 1. The van der Waals surface area contributed by atoms with E-state index in [2.05, 4.69) is 9.97 Å². The van der Waals surface area contributed by atoms with Crippen molar-refractivity contribution < 1.29 is 9.53 Å². The molecule has 0 saturated carbocycles. The first-order valence-corrected chi connectivity index (χ1v) is 10.1. The Hall–Kier alpha value is -3.70. The Morgan fingerprint density at radius 3 is 1.87 bits per heavy atom. The smallest absolute Gasteiger partial charge is 0.256 e. The summed E-state index contributed by atoms with van der Waals surface area (Å²) in [5.41, 5.74) is 9.14. The lowest BCUT2D eigenvalue weighted by molar-refractivity contribution is 0.0993. The molecular weight excluding hydrogens is 410 g/mol. The van der Waals surface area contributed by atoms with Crippen molar-refractivity contribution in [2.75, 3.05) is 0 Å². The molecule has 1 amide bonds. The van der Waals surface area contributed by atoms with E-state index in [4.69, 9.17) is 22.1 Å². The molecule has 4 rings (SSSR count). The Bertz CT molecular complexity index is 1130. The molecule has 0 aliphatic heterocycles. The molecule has 0 spiro atoms. The minimum Gasteiger partial charge on any atom is -0.472 e. The van der Waals surface area contributed by atoms with Crippen LogP contribution in [0.2, 0.25) is 5.28 Å². The maximum absolute atomic E-state index is 12.6. The van der Waals surface area contributed by atoms with Crippen molar-refractivity contribution in [1.82, 2.24) is 9.97 Å². The van der Waals surface area contributed by atoms with Gasteiger partial charge in [0.1, 0.15) is 12.2 Å². The van der Waals surface area contributed by atoms with Gasteiger partial charge in [-0.25, -0.2) is 4.98 Å². The molecule has 154 valence electrons. The van der Waals surface area contributed by atoms with E-state index < -0.39 is 5.91 Å². The highest BCUT2D eigenvalue weighted by molar-refractivity contribution is 6.28. The zero-order chi connectivity index (χ0) is 21.6. The fraction of sp³-hybridized carbons (Fsp3) is 0.0800. The number of primary amides is 1. The van der Waals surface area contributed by atoms with Crippen LogP contribution in [-0.4, -0.2) is 15.9 Å². The number of aromatic nitrogens is 2. The van der Waals surface area contributed by atoms with Crippen LogP contribution in [0.25, 0.3) is 0 Å². The van der Waals surface area contributed by atoms with E-state index in [9.17, 15) is 4.79 Å². The third kappa shape index (κ3) is 4.73. The molecule has 0 unspecified atom stereocenters. The highest BCUT2D eigenvalue weighted by Gasteiger charge is 2.28. The zero-order valence-corrected chi connectivity index (χ0v) is 17.4. The minimum absolute atomic E-state index is 0.0140. The average Bonchev–Trinajstić information content (AvgIpc) is 2.79. The normalized spacial score (nSPS) is 10.8. The molecule has 1 heterocycles. The minimum atomic E-state index is -0.674. The quantitative estimate of drug-likeness (QED) is 0.420. The van der Waals surface area contributed by atoms with E-state index in [1.165, 1.54) is 0 Å². The second-order valence-electron chi connectivity index (χ2n) is 6.95. The summed E-state index contributed by atoms with van der Waals surface area (Å²) in [6.07, 6.45) is 0. The molecule has 0 aliphatic rings. The Morgan fingerprint density at radius 1 is 0.839 bits per heavy atom. The highest BCUT2D eigenvalue weighted by atomic mass is 35.5. The van der Waals surface area contributed by atoms with E-state index in [1.807, 2.05) is 91.0 Å². The number of rotatable bonds is 7. The summed E-state index contributed by atoms with van der Waals surface area (Å²) in [6.45, 7) is 0.218. The maximum Gasteiger partial charge on any atom is 0.256 e. The van der Waals surface area contributed by atoms with Gasteiger partial charge in [0.2, 0.25) is 11.2 Å². The van der Waals surface area contributed by atoms with Crippen molar-refractivity contribution in [3.8, 4) is 5.88 Å². The van der Waals surface area contributed by atoms with Crippen LogP contribution in [0.4, 0.5) is 0 Å². The van der Waals surface area contributed by atoms with Crippen LogP contribution >= 0.6 is 11.6 Å². The molecule has 0 atom stereocenters. The van der Waals surface area contributed by atoms with Crippen LogP contribution in [0, 0.1) is 0 Å². The van der Waals surface area contributed by atoms with Crippen LogP contribution in [-0.2, 0) is 6.61 Å². The van der Waals surface area contributed by atoms with Crippen molar-refractivity contribution in [2.45, 2.75) is 12.5 Å². The number of hydrogen-bond donors (Lipinski definition) is 1. The van der Waals surface area contributed by atoms with E-state index in [0.29, 0.717) is 5.69 Å². The lowest BCUT2D eigenvalue weighted by Gasteiger charge is -2.21. The summed E-state index contributed by atoms with van der Waals surface area (Å²) in [7, 11) is 0. The van der Waals surface area contributed by atoms with Crippen molar-refractivity contribution in [3.63, 3.8) is 0 Å². The number of carbonyl (C=O) groups excluding carboxylic acids is 1. The molecule has 0 radical (unpaired) electrons. The second kappa shape index (κ2) is 9.41. The van der Waals surface area contributed by atoms with Crippen LogP contribution in [0.1, 0.15) is 38.7 Å². The van der Waals surface area contributed by atoms with Gasteiger partial charge in [-0.2, -0.15) is 4.98 Å². The molecule has 1 aromatic heterocycles. The van der Waals surface area contributed by atoms with Gasteiger partial charge in [-0.05, 0) is 28.3 Å². The molecule has 6 heteroatoms. The van der Waals surface area contributed by atoms with E-state index in [-0.39, 0.29) is 29.3 Å². The standard InChI is InChI=1S/C25H20ClN3O2/c26-25-28-22(20(18-12-6-2-7-13-18)19-14-8-3-9-15-19)21(23(27)30)24(29-25)31-16-17-10-4-1-5-11-17/h1-15,20H,16H2,(H2,27,30). The van der Waals surface area contributed by atoms with E-state index in [0.717, 1.165) is 16.7 Å². The SMILES string of the molecule is NC(=O)c1c(OCc2ccccc2)nc(Cl)nc1C(c1ccccc1)c1ccccc1. The van der Waals surface area contributed by atoms with Gasteiger partial charge in [0, 0.05) is 0 Å². The van der Waals surface area contributed by atoms with Gasteiger partial charge < -0.3 is 10.5 Å². The van der Waals surface area contributed by atoms with Crippen molar-refractivity contribution >= 4 is 17.5 Å². The van der Waals surface area contributed by atoms with Gasteiger partial charge >= 0.3 is 0 Å². The van der Waals surface area contributed by atoms with Gasteiger partial charge in [-0.3, -0.25) is 4.79 Å². The Balaban J connectivity index is 1.85. The third-order valence-corrected chi connectivity index (χ3v) is 5.05. The lowest BCUT2D eigenvalue weighted by atomic mass is 9.86. The monoisotopic (exact) mass is 429 g/mol. The lowest BCUT2D eigenvalue weighted by Crippen LogP contribution is -2.21. The van der Waals surface area contributed by atoms with Gasteiger partial charge in [0.05, 0.1) is 11.6 Å². The molecule has 5 nitrogen and oxygen atoms in total. The Morgan fingerprint density at radius 2 is 1.35 bits per heavy atom. The summed E-state index contributed by atoms with van der Waals surface area (Å²) >= 11 is 6.27. The first-order valence-electron chi connectivity index (χ1n) is 9.77. The number of amides is 1. The first kappa shape index (κ1) is 20.6. The predicted molar refractivity (Wildman–Crippen MR) is 120 cm³/mol. The Kier molecular flexibility index (Phi) is 6.24. The van der Waals surface area contributed by atoms with E-state index in [1.54, 1.807) is 0 Å². The fourth-order valence-corrected chi connectivity index (χ4v) is 3.67. The predicted octanol–water partition coefficient (Wildman–Crippen LogP) is 4.99. The molecule has 0 aliphatic carbocycles. The molecule has 4 aromatic rings. The largest absolute Gasteiger partial charge is 0.472 e. The average molecular weight is 430 g/mol. The topological polar surface area (TPSA) is 78.1 Å². The summed E-state index contributed by atoms with van der Waals surface area (Å²) in [4.78, 5) is 21.2. The number of ether oxygens (including phenoxy) is 1. The number of benzene rings is 3. The van der Waals surface area contributed by atoms with Crippen LogP contribution < -0.4 is 10.5 Å². The molecule has 0 saturated heterocycles.